The van der Waals surface area contributed by atoms with Crippen LogP contribution in [0, 0.1) is 6.92 Å². The highest BCUT2D eigenvalue weighted by Crippen LogP contribution is 2.20. The Kier molecular flexibility index (Phi) is 4.83. The van der Waals surface area contributed by atoms with E-state index in [0.717, 1.165) is 49.4 Å². The minimum atomic E-state index is -0.0363. The summed E-state index contributed by atoms with van der Waals surface area (Å²) in [6, 6.07) is 4.17. The Balaban J connectivity index is 1.66. The first-order valence-corrected chi connectivity index (χ1v) is 8.57. The van der Waals surface area contributed by atoms with Crippen LogP contribution in [0.1, 0.15) is 41.4 Å². The second kappa shape index (κ2) is 7.03. The third kappa shape index (κ3) is 3.58. The van der Waals surface area contributed by atoms with Crippen LogP contribution in [-0.4, -0.2) is 39.8 Å². The summed E-state index contributed by atoms with van der Waals surface area (Å²) in [4.78, 5) is 19.0. The van der Waals surface area contributed by atoms with E-state index in [0.29, 0.717) is 5.56 Å². The summed E-state index contributed by atoms with van der Waals surface area (Å²) in [7, 11) is 1.96. The van der Waals surface area contributed by atoms with E-state index in [-0.39, 0.29) is 11.9 Å². The smallest absolute Gasteiger partial charge is 0.253 e. The molecule has 2 aromatic heterocycles. The molecule has 3 rings (SSSR count). The van der Waals surface area contributed by atoms with Crippen molar-refractivity contribution in [1.82, 2.24) is 20.1 Å². The molecular weight excluding hydrogens is 302 g/mol. The number of pyridine rings is 1. The molecule has 0 radical (unpaired) electrons. The number of nitrogens with one attached hydrogen (secondary N) is 1. The van der Waals surface area contributed by atoms with Crippen molar-refractivity contribution in [2.45, 2.75) is 39.2 Å². The van der Waals surface area contributed by atoms with Crippen LogP contribution in [0.5, 0.6) is 0 Å². The van der Waals surface area contributed by atoms with Crippen LogP contribution in [0.15, 0.2) is 24.5 Å². The minimum absolute atomic E-state index is 0.0363. The van der Waals surface area contributed by atoms with E-state index in [2.05, 4.69) is 33.3 Å². The number of nitrogens with zero attached hydrogens (tertiary/aromatic N) is 4. The third-order valence-corrected chi connectivity index (χ3v) is 4.52. The molecule has 0 aromatic carbocycles. The van der Waals surface area contributed by atoms with E-state index in [4.69, 9.17) is 0 Å². The van der Waals surface area contributed by atoms with Crippen molar-refractivity contribution in [3.05, 3.63) is 41.3 Å². The summed E-state index contributed by atoms with van der Waals surface area (Å²) in [6.07, 6.45) is 6.39. The lowest BCUT2D eigenvalue weighted by atomic mass is 10.0. The summed E-state index contributed by atoms with van der Waals surface area (Å²) in [5.74, 6) is 1.08. The molecule has 128 valence electrons. The van der Waals surface area contributed by atoms with Gasteiger partial charge in [-0.05, 0) is 37.8 Å². The normalized spacial score (nSPS) is 17.8. The number of piperidine rings is 1. The van der Waals surface area contributed by atoms with Crippen molar-refractivity contribution in [1.29, 1.82) is 0 Å². The molecule has 0 saturated carbocycles. The van der Waals surface area contributed by atoms with Gasteiger partial charge in [-0.25, -0.2) is 0 Å². The highest BCUT2D eigenvalue weighted by Gasteiger charge is 2.24. The molecule has 0 bridgehead atoms. The summed E-state index contributed by atoms with van der Waals surface area (Å²) >= 11 is 0. The molecule has 1 fully saturated rings. The van der Waals surface area contributed by atoms with Crippen molar-refractivity contribution >= 4 is 11.7 Å². The van der Waals surface area contributed by atoms with Crippen molar-refractivity contribution < 1.29 is 4.79 Å². The molecule has 1 aliphatic rings. The number of carbonyl (C=O) groups is 1. The fraction of sp³-hybridized carbons (Fsp3) is 0.500. The Morgan fingerprint density at radius 2 is 2.21 bits per heavy atom. The second-order valence-corrected chi connectivity index (χ2v) is 6.46. The summed E-state index contributed by atoms with van der Waals surface area (Å²) in [5, 5.41) is 7.58. The fourth-order valence-electron chi connectivity index (χ4n) is 3.27. The number of hydrogen-bond donors (Lipinski definition) is 1. The molecule has 1 N–H and O–H groups in total. The van der Waals surface area contributed by atoms with Gasteiger partial charge >= 0.3 is 0 Å². The van der Waals surface area contributed by atoms with Gasteiger partial charge < -0.3 is 10.2 Å². The largest absolute Gasteiger partial charge is 0.355 e. The Bertz CT molecular complexity index is 724. The lowest BCUT2D eigenvalue weighted by Crippen LogP contribution is -2.48. The van der Waals surface area contributed by atoms with Crippen molar-refractivity contribution in [2.24, 2.45) is 7.05 Å². The third-order valence-electron chi connectivity index (χ3n) is 4.52. The molecule has 0 aliphatic carbocycles. The first-order chi connectivity index (χ1) is 11.6. The maximum atomic E-state index is 12.5. The Morgan fingerprint density at radius 1 is 1.38 bits per heavy atom. The fourth-order valence-corrected chi connectivity index (χ4v) is 3.27. The molecule has 1 aliphatic heterocycles. The average molecular weight is 327 g/mol. The van der Waals surface area contributed by atoms with Gasteiger partial charge in [-0.2, -0.15) is 5.10 Å². The van der Waals surface area contributed by atoms with Crippen LogP contribution in [0.2, 0.25) is 0 Å². The van der Waals surface area contributed by atoms with Gasteiger partial charge in [0.25, 0.3) is 5.91 Å². The molecule has 24 heavy (non-hydrogen) atoms. The van der Waals surface area contributed by atoms with Crippen molar-refractivity contribution in [3.63, 3.8) is 0 Å². The molecule has 1 atom stereocenters. The van der Waals surface area contributed by atoms with Crippen LogP contribution in [-0.2, 0) is 13.5 Å². The highest BCUT2D eigenvalue weighted by molar-refractivity contribution is 5.94. The van der Waals surface area contributed by atoms with Crippen LogP contribution < -0.4 is 10.2 Å². The predicted molar refractivity (Wildman–Crippen MR) is 94.3 cm³/mol. The lowest BCUT2D eigenvalue weighted by Gasteiger charge is -2.34. The van der Waals surface area contributed by atoms with Crippen LogP contribution in [0.3, 0.4) is 0 Å². The molecule has 2 aromatic rings. The van der Waals surface area contributed by atoms with E-state index in [1.807, 2.05) is 30.9 Å². The molecule has 3 heterocycles. The molecular formula is C18H25N5O. The lowest BCUT2D eigenvalue weighted by molar-refractivity contribution is 0.0932. The van der Waals surface area contributed by atoms with E-state index >= 15 is 0 Å². The van der Waals surface area contributed by atoms with Gasteiger partial charge in [0.15, 0.2) is 0 Å². The van der Waals surface area contributed by atoms with Gasteiger partial charge in [-0.1, -0.05) is 6.92 Å². The monoisotopic (exact) mass is 327 g/mol. The number of aromatic nitrogens is 3. The van der Waals surface area contributed by atoms with Crippen LogP contribution >= 0.6 is 0 Å². The number of carbonyl (C=O) groups excluding carboxylic acids is 1. The Hall–Kier alpha value is -2.37. The minimum Gasteiger partial charge on any atom is -0.355 e. The van der Waals surface area contributed by atoms with E-state index in [1.54, 1.807) is 6.20 Å². The van der Waals surface area contributed by atoms with Crippen molar-refractivity contribution in [2.75, 3.05) is 18.0 Å². The number of aryl methyl sites for hydroxylation is 3. The second-order valence-electron chi connectivity index (χ2n) is 6.46. The Labute approximate surface area is 142 Å². The quantitative estimate of drug-likeness (QED) is 0.934. The first kappa shape index (κ1) is 16.5. The first-order valence-electron chi connectivity index (χ1n) is 8.57. The molecule has 1 unspecified atom stereocenters. The number of rotatable bonds is 4. The molecule has 6 nitrogen and oxygen atoms in total. The predicted octanol–water partition coefficient (Wildman–Crippen LogP) is 2.08. The topological polar surface area (TPSA) is 63.1 Å². The van der Waals surface area contributed by atoms with E-state index < -0.39 is 0 Å². The summed E-state index contributed by atoms with van der Waals surface area (Å²) < 4.78 is 1.91. The zero-order valence-corrected chi connectivity index (χ0v) is 14.6. The molecule has 6 heteroatoms. The zero-order valence-electron chi connectivity index (χ0n) is 14.6. The van der Waals surface area contributed by atoms with Gasteiger partial charge in [0, 0.05) is 44.6 Å². The van der Waals surface area contributed by atoms with Crippen LogP contribution in [0.25, 0.3) is 0 Å². The maximum absolute atomic E-state index is 12.5. The Morgan fingerprint density at radius 3 is 2.92 bits per heavy atom. The number of hydrogen-bond acceptors (Lipinski definition) is 4. The van der Waals surface area contributed by atoms with E-state index in [9.17, 15) is 4.79 Å². The average Bonchev–Trinajstić information content (AvgIpc) is 2.93. The maximum Gasteiger partial charge on any atom is 0.253 e. The SMILES string of the molecule is CCc1cncc(C(=O)NC2CCCN(c3cc(C)nn3C)C2)c1. The zero-order chi connectivity index (χ0) is 17.1. The molecule has 0 spiro atoms. The van der Waals surface area contributed by atoms with Gasteiger partial charge in [0.1, 0.15) is 5.82 Å². The standard InChI is InChI=1S/C18H25N5O/c1-4-14-9-15(11-19-10-14)18(24)20-16-6-5-7-23(12-16)17-8-13(2)21-22(17)3/h8-11,16H,4-7,12H2,1-3H3,(H,20,24). The molecule has 1 saturated heterocycles. The highest BCUT2D eigenvalue weighted by atomic mass is 16.1. The molecule has 1 amide bonds. The number of amides is 1. The van der Waals surface area contributed by atoms with Gasteiger partial charge in [0.05, 0.1) is 11.3 Å². The van der Waals surface area contributed by atoms with Crippen molar-refractivity contribution in [3.8, 4) is 0 Å². The van der Waals surface area contributed by atoms with Gasteiger partial charge in [0.2, 0.25) is 0 Å². The van der Waals surface area contributed by atoms with Gasteiger partial charge in [-0.15, -0.1) is 0 Å². The van der Waals surface area contributed by atoms with Crippen LogP contribution in [0.4, 0.5) is 5.82 Å². The number of anilines is 1. The summed E-state index contributed by atoms with van der Waals surface area (Å²) in [6.45, 7) is 5.87. The van der Waals surface area contributed by atoms with E-state index in [1.165, 1.54) is 0 Å². The summed E-state index contributed by atoms with van der Waals surface area (Å²) in [5.41, 5.74) is 2.74. The van der Waals surface area contributed by atoms with Gasteiger partial charge in [-0.3, -0.25) is 14.5 Å².